The van der Waals surface area contributed by atoms with Crippen LogP contribution in [-0.4, -0.2) is 31.0 Å². The Kier molecular flexibility index (Phi) is 4.60. The molecule has 0 aliphatic rings. The van der Waals surface area contributed by atoms with Gasteiger partial charge in [0.15, 0.2) is 0 Å². The van der Waals surface area contributed by atoms with Crippen LogP contribution in [0.25, 0.3) is 0 Å². The highest BCUT2D eigenvalue weighted by atomic mass is 35.5. The fraction of sp³-hybridized carbons (Fsp3) is 0.200. The van der Waals surface area contributed by atoms with E-state index in [9.17, 15) is 4.79 Å². The molecule has 0 bridgehead atoms. The van der Waals surface area contributed by atoms with Crippen molar-refractivity contribution in [1.82, 2.24) is 10.2 Å². The predicted molar refractivity (Wildman–Crippen MR) is 70.0 cm³/mol. The van der Waals surface area contributed by atoms with Crippen molar-refractivity contribution in [2.24, 2.45) is 10.7 Å². The number of benzene rings is 1. The lowest BCUT2D eigenvalue weighted by atomic mass is 10.3. The van der Waals surface area contributed by atoms with Crippen molar-refractivity contribution in [3.8, 4) is 0 Å². The lowest BCUT2D eigenvalue weighted by Gasteiger charge is -2.11. The van der Waals surface area contributed by atoms with Gasteiger partial charge in [-0.1, -0.05) is 29.3 Å². The maximum Gasteiger partial charge on any atom is 0.323 e. The number of nitrogens with two attached hydrogens (primary N) is 1. The van der Waals surface area contributed by atoms with Crippen molar-refractivity contribution in [2.45, 2.75) is 0 Å². The minimum Gasteiger partial charge on any atom is -0.369 e. The Bertz CT molecular complexity index is 439. The van der Waals surface area contributed by atoms with Gasteiger partial charge in [0.05, 0.1) is 10.0 Å². The number of amides is 2. The lowest BCUT2D eigenvalue weighted by molar-refractivity contribution is 0.222. The largest absolute Gasteiger partial charge is 0.369 e. The van der Waals surface area contributed by atoms with Crippen LogP contribution in [0.2, 0.25) is 10.0 Å². The van der Waals surface area contributed by atoms with E-state index in [1.54, 1.807) is 32.3 Å². The Morgan fingerprint density at radius 1 is 1.35 bits per heavy atom. The van der Waals surface area contributed by atoms with Gasteiger partial charge in [0.2, 0.25) is 5.96 Å². The first-order valence-electron chi connectivity index (χ1n) is 4.68. The maximum atomic E-state index is 11.3. The van der Waals surface area contributed by atoms with Crippen LogP contribution in [0.3, 0.4) is 0 Å². The van der Waals surface area contributed by atoms with Gasteiger partial charge in [-0.3, -0.25) is 5.32 Å². The summed E-state index contributed by atoms with van der Waals surface area (Å²) in [5.74, 6) is -0.0706. The molecule has 7 heteroatoms. The minimum atomic E-state index is -0.380. The second kappa shape index (κ2) is 5.75. The number of carbonyl (C=O) groups excluding carboxylic acids is 1. The number of hydrogen-bond acceptors (Lipinski definition) is 2. The van der Waals surface area contributed by atoms with Crippen LogP contribution in [0.15, 0.2) is 23.2 Å². The topological polar surface area (TPSA) is 70.7 Å². The van der Waals surface area contributed by atoms with Crippen LogP contribution < -0.4 is 11.1 Å². The minimum absolute atomic E-state index is 0.0706. The molecule has 0 fully saturated rings. The van der Waals surface area contributed by atoms with Gasteiger partial charge in [0, 0.05) is 14.1 Å². The van der Waals surface area contributed by atoms with Gasteiger partial charge in [0.25, 0.3) is 0 Å². The summed E-state index contributed by atoms with van der Waals surface area (Å²) in [4.78, 5) is 16.6. The van der Waals surface area contributed by atoms with E-state index in [1.165, 1.54) is 4.90 Å². The molecule has 0 heterocycles. The van der Waals surface area contributed by atoms with Crippen molar-refractivity contribution in [1.29, 1.82) is 0 Å². The number of nitrogens with one attached hydrogen (secondary N) is 1. The number of nitrogens with zero attached hydrogens (tertiary/aromatic N) is 2. The summed E-state index contributed by atoms with van der Waals surface area (Å²) in [5, 5.41) is 3.10. The van der Waals surface area contributed by atoms with Crippen molar-refractivity contribution < 1.29 is 4.79 Å². The Morgan fingerprint density at radius 2 is 1.88 bits per heavy atom. The molecule has 0 radical (unpaired) electrons. The van der Waals surface area contributed by atoms with E-state index >= 15 is 0 Å². The Hall–Kier alpha value is -1.46. The number of para-hydroxylation sites is 1. The number of hydrogen-bond donors (Lipinski definition) is 2. The van der Waals surface area contributed by atoms with Gasteiger partial charge >= 0.3 is 6.03 Å². The molecule has 0 saturated heterocycles. The Morgan fingerprint density at radius 3 is 2.35 bits per heavy atom. The molecule has 0 atom stereocenters. The quantitative estimate of drug-likeness (QED) is 0.609. The summed E-state index contributed by atoms with van der Waals surface area (Å²) < 4.78 is 0. The van der Waals surface area contributed by atoms with E-state index < -0.39 is 0 Å². The fourth-order valence-electron chi connectivity index (χ4n) is 0.966. The average Bonchev–Trinajstić information content (AvgIpc) is 2.23. The van der Waals surface area contributed by atoms with Gasteiger partial charge in [-0.25, -0.2) is 9.79 Å². The first kappa shape index (κ1) is 13.6. The Labute approximate surface area is 109 Å². The van der Waals surface area contributed by atoms with Crippen molar-refractivity contribution in [2.75, 3.05) is 14.1 Å². The number of guanidine groups is 1. The van der Waals surface area contributed by atoms with Gasteiger partial charge in [-0.2, -0.15) is 0 Å². The highest BCUT2D eigenvalue weighted by Crippen LogP contribution is 2.32. The molecule has 0 unspecified atom stereocenters. The molecular formula is C10H12Cl2N4O. The number of urea groups is 1. The lowest BCUT2D eigenvalue weighted by Crippen LogP contribution is -2.42. The second-order valence-electron chi connectivity index (χ2n) is 3.39. The first-order chi connectivity index (χ1) is 7.91. The average molecular weight is 275 g/mol. The van der Waals surface area contributed by atoms with Crippen LogP contribution in [0.1, 0.15) is 0 Å². The fourth-order valence-corrected chi connectivity index (χ4v) is 1.45. The molecule has 0 spiro atoms. The molecule has 0 saturated carbocycles. The molecule has 0 aliphatic carbocycles. The SMILES string of the molecule is CN(C)C(=O)NC(N)=Nc1c(Cl)cccc1Cl. The normalized spacial score (nSPS) is 11.2. The molecule has 2 amide bonds. The van der Waals surface area contributed by atoms with E-state index in [2.05, 4.69) is 10.3 Å². The van der Waals surface area contributed by atoms with E-state index in [0.29, 0.717) is 15.7 Å². The third-order valence-corrected chi connectivity index (χ3v) is 2.42. The number of carbonyl (C=O) groups is 1. The summed E-state index contributed by atoms with van der Waals surface area (Å²) in [6, 6.07) is 4.58. The molecule has 92 valence electrons. The van der Waals surface area contributed by atoms with Crippen molar-refractivity contribution >= 4 is 40.9 Å². The summed E-state index contributed by atoms with van der Waals surface area (Å²) in [6.45, 7) is 0. The third-order valence-electron chi connectivity index (χ3n) is 1.81. The van der Waals surface area contributed by atoms with Gasteiger partial charge in [0.1, 0.15) is 5.69 Å². The summed E-state index contributed by atoms with van der Waals surface area (Å²) in [6.07, 6.45) is 0. The van der Waals surface area contributed by atoms with Crippen LogP contribution in [-0.2, 0) is 0 Å². The molecule has 17 heavy (non-hydrogen) atoms. The maximum absolute atomic E-state index is 11.3. The zero-order valence-corrected chi connectivity index (χ0v) is 10.9. The number of rotatable bonds is 1. The third kappa shape index (κ3) is 3.80. The second-order valence-corrected chi connectivity index (χ2v) is 4.21. The zero-order chi connectivity index (χ0) is 13.0. The van der Waals surface area contributed by atoms with Crippen molar-refractivity contribution in [3.05, 3.63) is 28.2 Å². The standard InChI is InChI=1S/C10H12Cl2N4O/c1-16(2)10(17)15-9(13)14-8-6(11)4-3-5-7(8)12/h3-5H,1-2H3,(H3,13,14,15,17). The van der Waals surface area contributed by atoms with E-state index in [-0.39, 0.29) is 12.0 Å². The molecule has 1 aromatic rings. The van der Waals surface area contributed by atoms with Gasteiger partial charge < -0.3 is 10.6 Å². The molecule has 1 rings (SSSR count). The van der Waals surface area contributed by atoms with Crippen LogP contribution >= 0.6 is 23.2 Å². The highest BCUT2D eigenvalue weighted by molar-refractivity contribution is 6.38. The number of halogens is 2. The van der Waals surface area contributed by atoms with Gasteiger partial charge in [-0.15, -0.1) is 0 Å². The molecule has 5 nitrogen and oxygen atoms in total. The molecule has 3 N–H and O–H groups in total. The Balaban J connectivity index is 2.92. The first-order valence-corrected chi connectivity index (χ1v) is 5.44. The van der Waals surface area contributed by atoms with E-state index in [4.69, 9.17) is 28.9 Å². The summed E-state index contributed by atoms with van der Waals surface area (Å²) in [7, 11) is 3.18. The zero-order valence-electron chi connectivity index (χ0n) is 9.37. The number of aliphatic imine (C=N–C) groups is 1. The summed E-state index contributed by atoms with van der Waals surface area (Å²) in [5.41, 5.74) is 5.88. The molecule has 0 aromatic heterocycles. The summed E-state index contributed by atoms with van der Waals surface area (Å²) >= 11 is 11.8. The van der Waals surface area contributed by atoms with Crippen molar-refractivity contribution in [3.63, 3.8) is 0 Å². The monoisotopic (exact) mass is 274 g/mol. The molecular weight excluding hydrogens is 263 g/mol. The molecule has 1 aromatic carbocycles. The smallest absolute Gasteiger partial charge is 0.323 e. The van der Waals surface area contributed by atoms with E-state index in [0.717, 1.165) is 0 Å². The van der Waals surface area contributed by atoms with Crippen LogP contribution in [0.5, 0.6) is 0 Å². The highest BCUT2D eigenvalue weighted by Gasteiger charge is 2.07. The van der Waals surface area contributed by atoms with Crippen LogP contribution in [0.4, 0.5) is 10.5 Å². The predicted octanol–water partition coefficient (Wildman–Crippen LogP) is 2.21. The van der Waals surface area contributed by atoms with E-state index in [1.807, 2.05) is 0 Å². The van der Waals surface area contributed by atoms with Gasteiger partial charge in [-0.05, 0) is 12.1 Å². The van der Waals surface area contributed by atoms with Crippen LogP contribution in [0, 0.1) is 0 Å². The molecule has 0 aliphatic heterocycles.